The molecule has 1 aromatic carbocycles. The molecular formula is C14H19FN2O. The molecule has 1 saturated heterocycles. The van der Waals surface area contributed by atoms with Crippen LogP contribution in [0.25, 0.3) is 0 Å². The van der Waals surface area contributed by atoms with Crippen LogP contribution in [-0.2, 0) is 4.79 Å². The molecule has 1 aliphatic rings. The van der Waals surface area contributed by atoms with Crippen LogP contribution in [0, 0.1) is 11.7 Å². The van der Waals surface area contributed by atoms with Crippen LogP contribution in [0.3, 0.4) is 0 Å². The van der Waals surface area contributed by atoms with Crippen molar-refractivity contribution in [3.05, 3.63) is 35.6 Å². The molecule has 2 unspecified atom stereocenters. The number of halogens is 1. The van der Waals surface area contributed by atoms with Crippen molar-refractivity contribution in [3.8, 4) is 0 Å². The molecule has 4 heteroatoms. The minimum atomic E-state index is -0.428. The second kappa shape index (κ2) is 5.48. The largest absolute Gasteiger partial charge is 0.342 e. The average molecular weight is 250 g/mol. The van der Waals surface area contributed by atoms with Gasteiger partial charge in [0.15, 0.2) is 0 Å². The van der Waals surface area contributed by atoms with Crippen molar-refractivity contribution in [2.45, 2.75) is 19.3 Å². The van der Waals surface area contributed by atoms with E-state index in [1.165, 1.54) is 6.07 Å². The van der Waals surface area contributed by atoms with Crippen LogP contribution in [-0.4, -0.2) is 30.4 Å². The van der Waals surface area contributed by atoms with Gasteiger partial charge in [0, 0.05) is 13.1 Å². The summed E-state index contributed by atoms with van der Waals surface area (Å²) in [6.07, 6.45) is 0.951. The van der Waals surface area contributed by atoms with Crippen LogP contribution < -0.4 is 5.73 Å². The Labute approximate surface area is 107 Å². The third kappa shape index (κ3) is 2.53. The van der Waals surface area contributed by atoms with Crippen LogP contribution >= 0.6 is 0 Å². The molecule has 0 aliphatic carbocycles. The molecular weight excluding hydrogens is 231 g/mol. The monoisotopic (exact) mass is 250 g/mol. The molecule has 0 radical (unpaired) electrons. The van der Waals surface area contributed by atoms with E-state index in [4.69, 9.17) is 5.73 Å². The predicted octanol–water partition coefficient (Wildman–Crippen LogP) is 1.74. The van der Waals surface area contributed by atoms with Gasteiger partial charge in [0.25, 0.3) is 0 Å². The lowest BCUT2D eigenvalue weighted by molar-refractivity contribution is -0.131. The molecule has 1 amide bonds. The first-order chi connectivity index (χ1) is 8.63. The molecule has 2 atom stereocenters. The molecule has 1 aliphatic heterocycles. The maximum absolute atomic E-state index is 13.6. The Hall–Kier alpha value is -1.42. The standard InChI is InChI=1S/C14H19FN2O/c1-10(12-4-2-3-5-13(12)15)14(18)17-7-6-11(8-16)9-17/h2-5,10-11H,6-9,16H2,1H3. The van der Waals surface area contributed by atoms with E-state index in [1.54, 1.807) is 30.0 Å². The third-order valence-electron chi connectivity index (χ3n) is 3.67. The molecule has 18 heavy (non-hydrogen) atoms. The van der Waals surface area contributed by atoms with Crippen molar-refractivity contribution in [3.63, 3.8) is 0 Å². The van der Waals surface area contributed by atoms with Gasteiger partial charge in [-0.1, -0.05) is 18.2 Å². The molecule has 0 aromatic heterocycles. The summed E-state index contributed by atoms with van der Waals surface area (Å²) >= 11 is 0. The van der Waals surface area contributed by atoms with Crippen LogP contribution in [0.4, 0.5) is 4.39 Å². The normalized spacial score (nSPS) is 21.1. The summed E-state index contributed by atoms with van der Waals surface area (Å²) in [5, 5.41) is 0. The third-order valence-corrected chi connectivity index (χ3v) is 3.67. The van der Waals surface area contributed by atoms with Crippen LogP contribution in [0.15, 0.2) is 24.3 Å². The lowest BCUT2D eigenvalue weighted by atomic mass is 9.99. The van der Waals surface area contributed by atoms with Gasteiger partial charge in [-0.15, -0.1) is 0 Å². The number of rotatable bonds is 3. The van der Waals surface area contributed by atoms with E-state index < -0.39 is 5.92 Å². The van der Waals surface area contributed by atoms with Gasteiger partial charge in [-0.25, -0.2) is 4.39 Å². The van der Waals surface area contributed by atoms with E-state index in [-0.39, 0.29) is 11.7 Å². The van der Waals surface area contributed by atoms with E-state index in [0.717, 1.165) is 13.0 Å². The predicted molar refractivity (Wildman–Crippen MR) is 68.6 cm³/mol. The quantitative estimate of drug-likeness (QED) is 0.888. The highest BCUT2D eigenvalue weighted by atomic mass is 19.1. The summed E-state index contributed by atoms with van der Waals surface area (Å²) in [5.74, 6) is -0.353. The molecule has 2 N–H and O–H groups in total. The maximum Gasteiger partial charge on any atom is 0.229 e. The van der Waals surface area contributed by atoms with Crippen molar-refractivity contribution in [1.29, 1.82) is 0 Å². The number of hydrogen-bond donors (Lipinski definition) is 1. The minimum absolute atomic E-state index is 0.00366. The summed E-state index contributed by atoms with van der Waals surface area (Å²) in [7, 11) is 0. The molecule has 3 nitrogen and oxygen atoms in total. The zero-order chi connectivity index (χ0) is 13.1. The fourth-order valence-electron chi connectivity index (χ4n) is 2.46. The topological polar surface area (TPSA) is 46.3 Å². The van der Waals surface area contributed by atoms with Crippen LogP contribution in [0.2, 0.25) is 0 Å². The molecule has 0 bridgehead atoms. The first-order valence-corrected chi connectivity index (χ1v) is 6.36. The van der Waals surface area contributed by atoms with Gasteiger partial charge in [-0.3, -0.25) is 4.79 Å². The van der Waals surface area contributed by atoms with Gasteiger partial charge in [0.05, 0.1) is 5.92 Å². The number of nitrogens with zero attached hydrogens (tertiary/aromatic N) is 1. The van der Waals surface area contributed by atoms with Gasteiger partial charge in [0.1, 0.15) is 5.82 Å². The summed E-state index contributed by atoms with van der Waals surface area (Å²) in [6, 6.07) is 6.46. The summed E-state index contributed by atoms with van der Waals surface area (Å²) in [5.41, 5.74) is 6.08. The van der Waals surface area contributed by atoms with Crippen molar-refractivity contribution in [2.24, 2.45) is 11.7 Å². The molecule has 2 rings (SSSR count). The SMILES string of the molecule is CC(C(=O)N1CCC(CN)C1)c1ccccc1F. The fraction of sp³-hybridized carbons (Fsp3) is 0.500. The zero-order valence-electron chi connectivity index (χ0n) is 10.6. The molecule has 0 spiro atoms. The Morgan fingerprint density at radius 2 is 2.28 bits per heavy atom. The number of benzene rings is 1. The molecule has 1 aromatic rings. The Bertz CT molecular complexity index is 436. The smallest absolute Gasteiger partial charge is 0.229 e. The van der Waals surface area contributed by atoms with E-state index >= 15 is 0 Å². The second-order valence-corrected chi connectivity index (χ2v) is 4.92. The Balaban J connectivity index is 2.08. The summed E-state index contributed by atoms with van der Waals surface area (Å²) in [6.45, 7) is 3.81. The van der Waals surface area contributed by atoms with Crippen molar-refractivity contribution in [1.82, 2.24) is 4.90 Å². The molecule has 1 fully saturated rings. The lowest BCUT2D eigenvalue weighted by Crippen LogP contribution is -2.33. The van der Waals surface area contributed by atoms with Crippen molar-refractivity contribution >= 4 is 5.91 Å². The van der Waals surface area contributed by atoms with Crippen LogP contribution in [0.1, 0.15) is 24.8 Å². The minimum Gasteiger partial charge on any atom is -0.342 e. The highest BCUT2D eigenvalue weighted by molar-refractivity contribution is 5.83. The van der Waals surface area contributed by atoms with E-state index in [1.807, 2.05) is 0 Å². The lowest BCUT2D eigenvalue weighted by Gasteiger charge is -2.21. The van der Waals surface area contributed by atoms with Gasteiger partial charge in [-0.05, 0) is 37.4 Å². The number of nitrogens with two attached hydrogens (primary N) is 1. The first kappa shape index (κ1) is 13.0. The van der Waals surface area contributed by atoms with E-state index in [2.05, 4.69) is 0 Å². The Morgan fingerprint density at radius 1 is 1.56 bits per heavy atom. The van der Waals surface area contributed by atoms with Crippen LogP contribution in [0.5, 0.6) is 0 Å². The van der Waals surface area contributed by atoms with Gasteiger partial charge in [0.2, 0.25) is 5.91 Å². The number of hydrogen-bond acceptors (Lipinski definition) is 2. The fourth-order valence-corrected chi connectivity index (χ4v) is 2.46. The highest BCUT2D eigenvalue weighted by Crippen LogP contribution is 2.24. The van der Waals surface area contributed by atoms with Gasteiger partial charge >= 0.3 is 0 Å². The Kier molecular flexibility index (Phi) is 3.97. The van der Waals surface area contributed by atoms with E-state index in [0.29, 0.717) is 24.6 Å². The van der Waals surface area contributed by atoms with Gasteiger partial charge in [-0.2, -0.15) is 0 Å². The first-order valence-electron chi connectivity index (χ1n) is 6.36. The maximum atomic E-state index is 13.6. The summed E-state index contributed by atoms with van der Waals surface area (Å²) < 4.78 is 13.6. The molecule has 98 valence electrons. The average Bonchev–Trinajstić information content (AvgIpc) is 2.86. The number of amides is 1. The summed E-state index contributed by atoms with van der Waals surface area (Å²) in [4.78, 5) is 14.1. The molecule has 1 heterocycles. The number of carbonyl (C=O) groups is 1. The highest BCUT2D eigenvalue weighted by Gasteiger charge is 2.29. The molecule has 0 saturated carbocycles. The van der Waals surface area contributed by atoms with Gasteiger partial charge < -0.3 is 10.6 Å². The number of carbonyl (C=O) groups excluding carboxylic acids is 1. The second-order valence-electron chi connectivity index (χ2n) is 4.92. The van der Waals surface area contributed by atoms with Crippen molar-refractivity contribution in [2.75, 3.05) is 19.6 Å². The Morgan fingerprint density at radius 3 is 2.89 bits per heavy atom. The number of likely N-dealkylation sites (tertiary alicyclic amines) is 1. The zero-order valence-corrected chi connectivity index (χ0v) is 10.6. The van der Waals surface area contributed by atoms with E-state index in [9.17, 15) is 9.18 Å². The van der Waals surface area contributed by atoms with Crippen molar-refractivity contribution < 1.29 is 9.18 Å².